The average molecular weight is 279 g/mol. The predicted molar refractivity (Wildman–Crippen MR) is 73.7 cm³/mol. The minimum Gasteiger partial charge on any atom is -0.481 e. The second-order valence-corrected chi connectivity index (χ2v) is 5.65. The van der Waals surface area contributed by atoms with E-state index in [0.717, 1.165) is 19.4 Å². The molecule has 1 aliphatic heterocycles. The van der Waals surface area contributed by atoms with Crippen molar-refractivity contribution in [1.29, 1.82) is 0 Å². The lowest BCUT2D eigenvalue weighted by Gasteiger charge is -2.23. The van der Waals surface area contributed by atoms with Gasteiger partial charge in [-0.05, 0) is 25.7 Å². The molecule has 1 aromatic heterocycles. The van der Waals surface area contributed by atoms with Crippen molar-refractivity contribution in [2.24, 2.45) is 5.92 Å². The quantitative estimate of drug-likeness (QED) is 0.919. The Kier molecular flexibility index (Phi) is 4.16. The number of nitrogens with zero attached hydrogens (tertiary/aromatic N) is 1. The molecule has 110 valence electrons. The predicted octanol–water partition coefficient (Wildman–Crippen LogP) is 2.48. The van der Waals surface area contributed by atoms with Gasteiger partial charge in [-0.25, -0.2) is 0 Å². The third-order valence-electron chi connectivity index (χ3n) is 3.93. The first-order chi connectivity index (χ1) is 9.43. The summed E-state index contributed by atoms with van der Waals surface area (Å²) in [5.74, 6) is -0.340. The zero-order valence-electron chi connectivity index (χ0n) is 12.2. The smallest absolute Gasteiger partial charge is 0.311 e. The Hall–Kier alpha value is -1.78. The van der Waals surface area contributed by atoms with Gasteiger partial charge in [-0.15, -0.1) is 0 Å². The van der Waals surface area contributed by atoms with E-state index in [9.17, 15) is 9.59 Å². The molecule has 0 bridgehead atoms. The standard InChI is InChI=1S/C15H21NO4/c1-4-11-5-9(2)7-16(11)15(19)14-10(3)8-20-12(14)6-13(17)18/h8-9,11H,4-7H2,1-3H3,(H,17,18). The third kappa shape index (κ3) is 2.71. The first kappa shape index (κ1) is 14.6. The molecule has 0 aliphatic carbocycles. The van der Waals surface area contributed by atoms with Crippen molar-refractivity contribution in [1.82, 2.24) is 4.90 Å². The van der Waals surface area contributed by atoms with Crippen LogP contribution in [0.4, 0.5) is 0 Å². The molecular formula is C15H21NO4. The molecule has 20 heavy (non-hydrogen) atoms. The van der Waals surface area contributed by atoms with Crippen LogP contribution in [-0.4, -0.2) is 34.5 Å². The van der Waals surface area contributed by atoms with Crippen LogP contribution in [0.25, 0.3) is 0 Å². The van der Waals surface area contributed by atoms with E-state index in [1.807, 2.05) is 4.90 Å². The fourth-order valence-corrected chi connectivity index (χ4v) is 2.98. The number of hydrogen-bond donors (Lipinski definition) is 1. The lowest BCUT2D eigenvalue weighted by atomic mass is 10.1. The topological polar surface area (TPSA) is 70.8 Å². The molecule has 5 nitrogen and oxygen atoms in total. The summed E-state index contributed by atoms with van der Waals surface area (Å²) in [6, 6.07) is 0.240. The summed E-state index contributed by atoms with van der Waals surface area (Å²) in [6.45, 7) is 6.72. The maximum atomic E-state index is 12.7. The van der Waals surface area contributed by atoms with Crippen LogP contribution >= 0.6 is 0 Å². The summed E-state index contributed by atoms with van der Waals surface area (Å²) in [4.78, 5) is 25.4. The van der Waals surface area contributed by atoms with Crippen LogP contribution in [0.3, 0.4) is 0 Å². The monoisotopic (exact) mass is 279 g/mol. The van der Waals surface area contributed by atoms with Crippen molar-refractivity contribution in [3.8, 4) is 0 Å². The molecule has 1 fully saturated rings. The summed E-state index contributed by atoms with van der Waals surface area (Å²) in [5.41, 5.74) is 1.14. The highest BCUT2D eigenvalue weighted by atomic mass is 16.4. The summed E-state index contributed by atoms with van der Waals surface area (Å²) in [6.07, 6.45) is 3.13. The van der Waals surface area contributed by atoms with Crippen molar-refractivity contribution >= 4 is 11.9 Å². The molecule has 1 aromatic rings. The number of carbonyl (C=O) groups is 2. The molecule has 1 saturated heterocycles. The number of aryl methyl sites for hydroxylation is 1. The van der Waals surface area contributed by atoms with Crippen molar-refractivity contribution in [2.75, 3.05) is 6.54 Å². The number of rotatable bonds is 4. The Morgan fingerprint density at radius 2 is 2.20 bits per heavy atom. The van der Waals surface area contributed by atoms with Crippen LogP contribution in [0.15, 0.2) is 10.7 Å². The number of furan rings is 1. The number of aliphatic carboxylic acids is 1. The van der Waals surface area contributed by atoms with Crippen LogP contribution in [0.1, 0.15) is 48.4 Å². The van der Waals surface area contributed by atoms with Gasteiger partial charge in [0.1, 0.15) is 12.2 Å². The normalized spacial score (nSPS) is 22.2. The SMILES string of the molecule is CCC1CC(C)CN1C(=O)c1c(C)coc1CC(=O)O. The number of carboxylic acid groups (broad SMARTS) is 1. The van der Waals surface area contributed by atoms with E-state index in [-0.39, 0.29) is 24.1 Å². The van der Waals surface area contributed by atoms with Gasteiger partial charge in [-0.1, -0.05) is 13.8 Å². The number of carboxylic acids is 1. The largest absolute Gasteiger partial charge is 0.481 e. The summed E-state index contributed by atoms with van der Waals surface area (Å²) < 4.78 is 5.25. The van der Waals surface area contributed by atoms with Crippen molar-refractivity contribution < 1.29 is 19.1 Å². The Labute approximate surface area is 118 Å². The first-order valence-corrected chi connectivity index (χ1v) is 7.03. The van der Waals surface area contributed by atoms with Crippen LogP contribution in [-0.2, 0) is 11.2 Å². The van der Waals surface area contributed by atoms with Crippen molar-refractivity contribution in [3.63, 3.8) is 0 Å². The molecule has 2 heterocycles. The van der Waals surface area contributed by atoms with E-state index < -0.39 is 5.97 Å². The second kappa shape index (κ2) is 5.69. The summed E-state index contributed by atoms with van der Waals surface area (Å²) in [7, 11) is 0. The number of likely N-dealkylation sites (tertiary alicyclic amines) is 1. The van der Waals surface area contributed by atoms with Gasteiger partial charge in [0.05, 0.1) is 11.8 Å². The third-order valence-corrected chi connectivity index (χ3v) is 3.93. The fraction of sp³-hybridized carbons (Fsp3) is 0.600. The first-order valence-electron chi connectivity index (χ1n) is 7.03. The highest BCUT2D eigenvalue weighted by Crippen LogP contribution is 2.29. The van der Waals surface area contributed by atoms with E-state index in [1.165, 1.54) is 6.26 Å². The van der Waals surface area contributed by atoms with Gasteiger partial charge in [0.15, 0.2) is 0 Å². The van der Waals surface area contributed by atoms with Crippen LogP contribution in [0, 0.1) is 12.8 Å². The van der Waals surface area contributed by atoms with Gasteiger partial charge in [0, 0.05) is 18.2 Å². The van der Waals surface area contributed by atoms with E-state index >= 15 is 0 Å². The second-order valence-electron chi connectivity index (χ2n) is 5.65. The van der Waals surface area contributed by atoms with Gasteiger partial charge < -0.3 is 14.4 Å². The van der Waals surface area contributed by atoms with Crippen LogP contribution in [0.5, 0.6) is 0 Å². The molecule has 0 radical (unpaired) electrons. The number of carbonyl (C=O) groups excluding carboxylic acids is 1. The molecule has 2 rings (SSSR count). The zero-order chi connectivity index (χ0) is 14.9. The molecule has 5 heteroatoms. The number of hydrogen-bond acceptors (Lipinski definition) is 3. The van der Waals surface area contributed by atoms with Gasteiger partial charge in [0.25, 0.3) is 5.91 Å². The van der Waals surface area contributed by atoms with E-state index in [1.54, 1.807) is 6.92 Å². The lowest BCUT2D eigenvalue weighted by molar-refractivity contribution is -0.136. The van der Waals surface area contributed by atoms with Gasteiger partial charge >= 0.3 is 5.97 Å². The fourth-order valence-electron chi connectivity index (χ4n) is 2.98. The molecule has 1 amide bonds. The number of amides is 1. The van der Waals surface area contributed by atoms with E-state index in [2.05, 4.69) is 13.8 Å². The van der Waals surface area contributed by atoms with Gasteiger partial charge in [-0.3, -0.25) is 9.59 Å². The minimum atomic E-state index is -0.991. The maximum Gasteiger partial charge on any atom is 0.311 e. The molecule has 1 aliphatic rings. The molecule has 0 saturated carbocycles. The van der Waals surface area contributed by atoms with Gasteiger partial charge in [-0.2, -0.15) is 0 Å². The molecule has 0 spiro atoms. The summed E-state index contributed by atoms with van der Waals surface area (Å²) in [5, 5.41) is 8.90. The average Bonchev–Trinajstić information content (AvgIpc) is 2.91. The van der Waals surface area contributed by atoms with Crippen LogP contribution < -0.4 is 0 Å². The maximum absolute atomic E-state index is 12.7. The zero-order valence-corrected chi connectivity index (χ0v) is 12.2. The summed E-state index contributed by atoms with van der Waals surface area (Å²) >= 11 is 0. The Morgan fingerprint density at radius 3 is 2.80 bits per heavy atom. The van der Waals surface area contributed by atoms with E-state index in [4.69, 9.17) is 9.52 Å². The minimum absolute atomic E-state index is 0.0938. The molecule has 0 aromatic carbocycles. The molecule has 2 unspecified atom stereocenters. The Morgan fingerprint density at radius 1 is 1.50 bits per heavy atom. The highest BCUT2D eigenvalue weighted by Gasteiger charge is 2.34. The Balaban J connectivity index is 2.29. The van der Waals surface area contributed by atoms with Crippen molar-refractivity contribution in [2.45, 2.75) is 46.1 Å². The van der Waals surface area contributed by atoms with Crippen LogP contribution in [0.2, 0.25) is 0 Å². The van der Waals surface area contributed by atoms with E-state index in [0.29, 0.717) is 17.0 Å². The molecule has 2 atom stereocenters. The lowest BCUT2D eigenvalue weighted by Crippen LogP contribution is -2.36. The molecule has 1 N–H and O–H groups in total. The van der Waals surface area contributed by atoms with Gasteiger partial charge in [0.2, 0.25) is 0 Å². The molecular weight excluding hydrogens is 258 g/mol. The highest BCUT2D eigenvalue weighted by molar-refractivity contribution is 5.97. The Bertz CT molecular complexity index is 520. The van der Waals surface area contributed by atoms with Crippen molar-refractivity contribution in [3.05, 3.63) is 23.2 Å².